The molecule has 2 aromatic rings. The highest BCUT2D eigenvalue weighted by Gasteiger charge is 2.26. The van der Waals surface area contributed by atoms with Gasteiger partial charge in [0.15, 0.2) is 0 Å². The van der Waals surface area contributed by atoms with Gasteiger partial charge in [0.1, 0.15) is 5.82 Å². The number of hydrogen-bond donors (Lipinski definition) is 1. The van der Waals surface area contributed by atoms with Crippen LogP contribution in [0.1, 0.15) is 30.4 Å². The van der Waals surface area contributed by atoms with Crippen LogP contribution in [0.25, 0.3) is 0 Å². The molecule has 27 heavy (non-hydrogen) atoms. The minimum Gasteiger partial charge on any atom is -0.326 e. The van der Waals surface area contributed by atoms with Crippen LogP contribution in [0.3, 0.4) is 0 Å². The van der Waals surface area contributed by atoms with E-state index in [1.165, 1.54) is 16.4 Å². The highest BCUT2D eigenvalue weighted by molar-refractivity contribution is 7.89. The van der Waals surface area contributed by atoms with Crippen molar-refractivity contribution < 1.29 is 17.6 Å². The van der Waals surface area contributed by atoms with Crippen molar-refractivity contribution in [1.82, 2.24) is 4.31 Å². The Morgan fingerprint density at radius 3 is 2.52 bits per heavy atom. The van der Waals surface area contributed by atoms with Crippen molar-refractivity contribution in [2.45, 2.75) is 37.5 Å². The number of amides is 1. The molecule has 0 unspecified atom stereocenters. The molecular formula is C20H23FN2O3S. The smallest absolute Gasteiger partial charge is 0.243 e. The number of carbonyl (C=O) groups is 1. The lowest BCUT2D eigenvalue weighted by Crippen LogP contribution is -2.35. The Hall–Kier alpha value is -2.25. The summed E-state index contributed by atoms with van der Waals surface area (Å²) in [6.07, 6.45) is 2.64. The van der Waals surface area contributed by atoms with Gasteiger partial charge in [0.25, 0.3) is 0 Å². The first-order chi connectivity index (χ1) is 12.9. The number of piperidine rings is 1. The Labute approximate surface area is 159 Å². The summed E-state index contributed by atoms with van der Waals surface area (Å²) >= 11 is 0. The van der Waals surface area contributed by atoms with E-state index in [1.54, 1.807) is 37.3 Å². The van der Waals surface area contributed by atoms with Crippen molar-refractivity contribution >= 4 is 21.6 Å². The van der Waals surface area contributed by atoms with Crippen molar-refractivity contribution in [3.8, 4) is 0 Å². The van der Waals surface area contributed by atoms with Crippen LogP contribution in [0, 0.1) is 12.7 Å². The number of benzene rings is 2. The molecule has 1 aliphatic heterocycles. The number of carbonyl (C=O) groups excluding carboxylic acids is 1. The summed E-state index contributed by atoms with van der Waals surface area (Å²) in [5, 5.41) is 2.71. The summed E-state index contributed by atoms with van der Waals surface area (Å²) in [4.78, 5) is 12.5. The van der Waals surface area contributed by atoms with Gasteiger partial charge < -0.3 is 5.32 Å². The molecule has 0 bridgehead atoms. The summed E-state index contributed by atoms with van der Waals surface area (Å²) < 4.78 is 40.9. The van der Waals surface area contributed by atoms with Gasteiger partial charge >= 0.3 is 0 Å². The van der Waals surface area contributed by atoms with Gasteiger partial charge in [-0.3, -0.25) is 4.79 Å². The van der Waals surface area contributed by atoms with E-state index in [-0.39, 0.29) is 11.3 Å². The molecule has 1 saturated heterocycles. The van der Waals surface area contributed by atoms with Crippen LogP contribution in [0.5, 0.6) is 0 Å². The normalized spacial score (nSPS) is 15.5. The third-order valence-electron chi connectivity index (χ3n) is 4.74. The van der Waals surface area contributed by atoms with Crippen LogP contribution in [0.2, 0.25) is 0 Å². The van der Waals surface area contributed by atoms with Crippen LogP contribution in [-0.4, -0.2) is 31.7 Å². The van der Waals surface area contributed by atoms with Crippen molar-refractivity contribution in [3.63, 3.8) is 0 Å². The molecule has 144 valence electrons. The van der Waals surface area contributed by atoms with Crippen LogP contribution < -0.4 is 5.32 Å². The molecule has 0 saturated carbocycles. The first-order valence-electron chi connectivity index (χ1n) is 9.02. The van der Waals surface area contributed by atoms with Gasteiger partial charge in [0, 0.05) is 18.8 Å². The average Bonchev–Trinajstić information content (AvgIpc) is 2.66. The van der Waals surface area contributed by atoms with E-state index in [2.05, 4.69) is 5.32 Å². The molecule has 0 atom stereocenters. The fourth-order valence-electron chi connectivity index (χ4n) is 3.16. The predicted octanol–water partition coefficient (Wildman–Crippen LogP) is 3.49. The zero-order chi connectivity index (χ0) is 19.4. The Morgan fingerprint density at radius 2 is 1.81 bits per heavy atom. The monoisotopic (exact) mass is 390 g/mol. The topological polar surface area (TPSA) is 66.5 Å². The number of sulfonamides is 1. The van der Waals surface area contributed by atoms with Gasteiger partial charge in [-0.2, -0.15) is 4.31 Å². The molecule has 1 heterocycles. The largest absolute Gasteiger partial charge is 0.326 e. The summed E-state index contributed by atoms with van der Waals surface area (Å²) in [5.41, 5.74) is 1.47. The van der Waals surface area contributed by atoms with E-state index < -0.39 is 21.7 Å². The number of aryl methyl sites for hydroxylation is 1. The molecule has 1 fully saturated rings. The quantitative estimate of drug-likeness (QED) is 0.850. The zero-order valence-electron chi connectivity index (χ0n) is 15.2. The maximum absolute atomic E-state index is 13.7. The van der Waals surface area contributed by atoms with E-state index in [9.17, 15) is 17.6 Å². The SMILES string of the molecule is Cc1ccc(S(=O)(=O)N2CCCCC2)cc1NC(=O)Cc1ccccc1F. The maximum Gasteiger partial charge on any atom is 0.243 e. The van der Waals surface area contributed by atoms with Crippen molar-refractivity contribution in [2.24, 2.45) is 0 Å². The van der Waals surface area contributed by atoms with E-state index in [4.69, 9.17) is 0 Å². The summed E-state index contributed by atoms with van der Waals surface area (Å²) in [6.45, 7) is 2.83. The zero-order valence-corrected chi connectivity index (χ0v) is 16.1. The van der Waals surface area contributed by atoms with E-state index >= 15 is 0 Å². The second kappa shape index (κ2) is 8.19. The molecule has 0 aliphatic carbocycles. The molecule has 1 amide bonds. The number of rotatable bonds is 5. The third kappa shape index (κ3) is 4.54. The van der Waals surface area contributed by atoms with Gasteiger partial charge in [-0.05, 0) is 49.1 Å². The van der Waals surface area contributed by atoms with Crippen molar-refractivity contribution in [1.29, 1.82) is 0 Å². The second-order valence-corrected chi connectivity index (χ2v) is 8.70. The van der Waals surface area contributed by atoms with Gasteiger partial charge in [0.05, 0.1) is 11.3 Å². The fraction of sp³-hybridized carbons (Fsp3) is 0.350. The fourth-order valence-corrected chi connectivity index (χ4v) is 4.70. The van der Waals surface area contributed by atoms with Crippen LogP contribution >= 0.6 is 0 Å². The molecule has 2 aromatic carbocycles. The van der Waals surface area contributed by atoms with Crippen LogP contribution in [-0.2, 0) is 21.2 Å². The Morgan fingerprint density at radius 1 is 1.11 bits per heavy atom. The van der Waals surface area contributed by atoms with Gasteiger partial charge in [0.2, 0.25) is 15.9 Å². The molecular weight excluding hydrogens is 367 g/mol. The molecule has 5 nitrogen and oxygen atoms in total. The van der Waals surface area contributed by atoms with E-state index in [1.807, 2.05) is 0 Å². The van der Waals surface area contributed by atoms with Crippen LogP contribution in [0.15, 0.2) is 47.4 Å². The number of nitrogens with zero attached hydrogens (tertiary/aromatic N) is 1. The first-order valence-corrected chi connectivity index (χ1v) is 10.5. The van der Waals surface area contributed by atoms with E-state index in [0.29, 0.717) is 24.3 Å². The lowest BCUT2D eigenvalue weighted by atomic mass is 10.1. The minimum absolute atomic E-state index is 0.116. The molecule has 7 heteroatoms. The van der Waals surface area contributed by atoms with Gasteiger partial charge in [-0.1, -0.05) is 30.7 Å². The van der Waals surface area contributed by atoms with Crippen molar-refractivity contribution in [3.05, 3.63) is 59.4 Å². The number of halogens is 1. The molecule has 1 aliphatic rings. The average molecular weight is 390 g/mol. The predicted molar refractivity (Wildman–Crippen MR) is 103 cm³/mol. The van der Waals surface area contributed by atoms with Crippen LogP contribution in [0.4, 0.5) is 10.1 Å². The highest BCUT2D eigenvalue weighted by atomic mass is 32.2. The molecule has 0 aromatic heterocycles. The van der Waals surface area contributed by atoms with Crippen molar-refractivity contribution in [2.75, 3.05) is 18.4 Å². The Kier molecular flexibility index (Phi) is 5.92. The standard InChI is InChI=1S/C20H23FN2O3S/c1-15-9-10-17(27(25,26)23-11-5-2-6-12-23)14-19(15)22-20(24)13-16-7-3-4-8-18(16)21/h3-4,7-10,14H,2,5-6,11-13H2,1H3,(H,22,24). The molecule has 1 N–H and O–H groups in total. The summed E-state index contributed by atoms with van der Waals surface area (Å²) in [6, 6.07) is 10.8. The first kappa shape index (κ1) is 19.5. The summed E-state index contributed by atoms with van der Waals surface area (Å²) in [7, 11) is -3.58. The lowest BCUT2D eigenvalue weighted by molar-refractivity contribution is -0.115. The third-order valence-corrected chi connectivity index (χ3v) is 6.64. The lowest BCUT2D eigenvalue weighted by Gasteiger charge is -2.26. The summed E-state index contributed by atoms with van der Waals surface area (Å²) in [5.74, 6) is -0.832. The highest BCUT2D eigenvalue weighted by Crippen LogP contribution is 2.25. The minimum atomic E-state index is -3.58. The molecule has 3 rings (SSSR count). The maximum atomic E-state index is 13.7. The Bertz CT molecular complexity index is 938. The molecule has 0 spiro atoms. The van der Waals surface area contributed by atoms with E-state index in [0.717, 1.165) is 24.8 Å². The number of anilines is 1. The molecule has 0 radical (unpaired) electrons. The van der Waals surface area contributed by atoms with Gasteiger partial charge in [-0.15, -0.1) is 0 Å². The Balaban J connectivity index is 1.79. The number of nitrogens with one attached hydrogen (secondary N) is 1. The van der Waals surface area contributed by atoms with Gasteiger partial charge in [-0.25, -0.2) is 12.8 Å². The second-order valence-electron chi connectivity index (χ2n) is 6.76. The number of hydrogen-bond acceptors (Lipinski definition) is 3.